The van der Waals surface area contributed by atoms with E-state index in [1.54, 1.807) is 13.2 Å². The third-order valence-electron chi connectivity index (χ3n) is 9.55. The molecule has 3 aliphatic rings. The summed E-state index contributed by atoms with van der Waals surface area (Å²) in [6, 6.07) is 4.21. The number of piperazine rings is 1. The van der Waals surface area contributed by atoms with Gasteiger partial charge in [0.25, 0.3) is 5.91 Å². The topological polar surface area (TPSA) is 71.0 Å². The zero-order valence-electron chi connectivity index (χ0n) is 25.2. The van der Waals surface area contributed by atoms with Gasteiger partial charge in [-0.15, -0.1) is 0 Å². The predicted molar refractivity (Wildman–Crippen MR) is 152 cm³/mol. The number of carbonyl (C=O) groups is 1. The number of ether oxygens (including phenoxy) is 2. The van der Waals surface area contributed by atoms with Crippen LogP contribution >= 0.6 is 0 Å². The quantitative estimate of drug-likeness (QED) is 0.443. The van der Waals surface area contributed by atoms with Crippen LogP contribution in [0.4, 0.5) is 13.2 Å². The average Bonchev–Trinajstić information content (AvgIpc) is 3.30. The van der Waals surface area contributed by atoms with Gasteiger partial charge in [0.2, 0.25) is 0 Å². The van der Waals surface area contributed by atoms with Gasteiger partial charge < -0.3 is 14.4 Å². The van der Waals surface area contributed by atoms with Crippen molar-refractivity contribution < 1.29 is 27.4 Å². The van der Waals surface area contributed by atoms with Crippen LogP contribution in [0.3, 0.4) is 0 Å². The van der Waals surface area contributed by atoms with Gasteiger partial charge in [0.15, 0.2) is 0 Å². The van der Waals surface area contributed by atoms with Crippen LogP contribution in [-0.2, 0) is 22.1 Å². The lowest BCUT2D eigenvalue weighted by Crippen LogP contribution is -2.62. The van der Waals surface area contributed by atoms with Crippen LogP contribution < -0.4 is 0 Å². The Labute approximate surface area is 246 Å². The van der Waals surface area contributed by atoms with Crippen molar-refractivity contribution in [3.05, 3.63) is 58.2 Å². The molecule has 0 bridgehead atoms. The molecular formula is C31H42F3N5O3. The van der Waals surface area contributed by atoms with Crippen molar-refractivity contribution in [1.29, 1.82) is 0 Å². The number of hydrogen-bond donors (Lipinski definition) is 0. The van der Waals surface area contributed by atoms with Crippen molar-refractivity contribution in [1.82, 2.24) is 24.7 Å². The summed E-state index contributed by atoms with van der Waals surface area (Å²) in [5.74, 6) is -0.000989. The minimum Gasteiger partial charge on any atom is -0.382 e. The molecule has 2 fully saturated rings. The molecule has 5 rings (SSSR count). The highest BCUT2D eigenvalue weighted by Crippen LogP contribution is 2.43. The van der Waals surface area contributed by atoms with E-state index in [2.05, 4.69) is 33.6 Å². The summed E-state index contributed by atoms with van der Waals surface area (Å²) in [7, 11) is 1.61. The second-order valence-corrected chi connectivity index (χ2v) is 12.2. The summed E-state index contributed by atoms with van der Waals surface area (Å²) in [6.07, 6.45) is -0.924. The first-order valence-corrected chi connectivity index (χ1v) is 14.8. The van der Waals surface area contributed by atoms with Gasteiger partial charge in [0, 0.05) is 57.8 Å². The molecule has 2 aromatic rings. The zero-order chi connectivity index (χ0) is 30.2. The summed E-state index contributed by atoms with van der Waals surface area (Å²) >= 11 is 0. The SMILES string of the molecule is COCCO[C@@H]1Cc2cc(C(F)(F)F)ccc2[C@H]1N1CCN(C2(C)CCN(C(=O)c3c(C)ncnc3C)CC2)C[C@@H]1C. The van der Waals surface area contributed by atoms with Crippen molar-refractivity contribution in [2.24, 2.45) is 0 Å². The summed E-state index contributed by atoms with van der Waals surface area (Å²) in [4.78, 5) is 28.6. The first kappa shape index (κ1) is 30.8. The Kier molecular flexibility index (Phi) is 8.95. The maximum atomic E-state index is 13.5. The lowest BCUT2D eigenvalue weighted by Gasteiger charge is -2.53. The molecule has 8 nitrogen and oxygen atoms in total. The molecule has 1 amide bonds. The van der Waals surface area contributed by atoms with Gasteiger partial charge in [-0.25, -0.2) is 9.97 Å². The Morgan fingerprint density at radius 1 is 1.07 bits per heavy atom. The number of halogens is 3. The van der Waals surface area contributed by atoms with Gasteiger partial charge in [-0.1, -0.05) is 6.07 Å². The number of aryl methyl sites for hydroxylation is 2. The predicted octanol–water partition coefficient (Wildman–Crippen LogP) is 4.44. The largest absolute Gasteiger partial charge is 0.416 e. The number of hydrogen-bond acceptors (Lipinski definition) is 7. The number of rotatable bonds is 7. The maximum absolute atomic E-state index is 13.5. The fourth-order valence-electron chi connectivity index (χ4n) is 7.04. The standard InChI is InChI=1S/C31H42F3N5O3/c1-20-18-38(30(4)8-10-37(11-9-30)29(40)27-21(2)35-19-36-22(27)3)12-13-39(20)28-25-7-6-24(31(32,33)34)16-23(25)17-26(28)42-15-14-41-5/h6-7,16,19-20,26,28H,8-15,17-18H2,1-5H3/t20-,26+,28+/m0/s1. The first-order chi connectivity index (χ1) is 19.9. The Hall–Kier alpha value is -2.60. The third kappa shape index (κ3) is 6.06. The molecule has 1 aromatic heterocycles. The molecule has 42 heavy (non-hydrogen) atoms. The van der Waals surface area contributed by atoms with E-state index in [4.69, 9.17) is 9.47 Å². The number of piperidine rings is 1. The number of benzene rings is 1. The van der Waals surface area contributed by atoms with Crippen LogP contribution in [0, 0.1) is 13.8 Å². The van der Waals surface area contributed by atoms with E-state index in [-0.39, 0.29) is 29.6 Å². The monoisotopic (exact) mass is 589 g/mol. The summed E-state index contributed by atoms with van der Waals surface area (Å²) in [5, 5.41) is 0. The molecule has 1 aromatic carbocycles. The third-order valence-corrected chi connectivity index (χ3v) is 9.55. The molecule has 0 N–H and O–H groups in total. The molecule has 0 spiro atoms. The molecule has 230 valence electrons. The molecule has 3 heterocycles. The van der Waals surface area contributed by atoms with E-state index in [9.17, 15) is 18.0 Å². The highest BCUT2D eigenvalue weighted by Gasteiger charge is 2.45. The normalized spacial score (nSPS) is 25.0. The Morgan fingerprint density at radius 2 is 1.76 bits per heavy atom. The maximum Gasteiger partial charge on any atom is 0.416 e. The molecule has 2 aliphatic heterocycles. The number of amides is 1. The molecule has 11 heteroatoms. The van der Waals surface area contributed by atoms with Crippen LogP contribution in [-0.4, -0.2) is 101 Å². The van der Waals surface area contributed by atoms with E-state index in [0.29, 0.717) is 55.2 Å². The highest BCUT2D eigenvalue weighted by atomic mass is 19.4. The molecule has 0 unspecified atom stereocenters. The fraction of sp³-hybridized carbons (Fsp3) is 0.645. The minimum atomic E-state index is -4.37. The molecule has 0 radical (unpaired) electrons. The molecule has 2 saturated heterocycles. The number of likely N-dealkylation sites (tertiary alicyclic amines) is 1. The number of carbonyl (C=O) groups excluding carboxylic acids is 1. The van der Waals surface area contributed by atoms with E-state index in [1.165, 1.54) is 18.5 Å². The van der Waals surface area contributed by atoms with Crippen molar-refractivity contribution in [3.63, 3.8) is 0 Å². The van der Waals surface area contributed by atoms with Gasteiger partial charge in [0.05, 0.1) is 47.9 Å². The summed E-state index contributed by atoms with van der Waals surface area (Å²) < 4.78 is 51.8. The van der Waals surface area contributed by atoms with Crippen LogP contribution in [0.1, 0.15) is 71.2 Å². The molecule has 1 aliphatic carbocycles. The Balaban J connectivity index is 1.27. The average molecular weight is 590 g/mol. The van der Waals surface area contributed by atoms with E-state index < -0.39 is 11.7 Å². The second kappa shape index (κ2) is 12.2. The van der Waals surface area contributed by atoms with E-state index >= 15 is 0 Å². The van der Waals surface area contributed by atoms with E-state index in [0.717, 1.165) is 38.0 Å². The van der Waals surface area contributed by atoms with Crippen LogP contribution in [0.2, 0.25) is 0 Å². The van der Waals surface area contributed by atoms with Gasteiger partial charge in [-0.3, -0.25) is 14.6 Å². The van der Waals surface area contributed by atoms with Crippen molar-refractivity contribution in [3.8, 4) is 0 Å². The van der Waals surface area contributed by atoms with Crippen LogP contribution in [0.15, 0.2) is 24.5 Å². The minimum absolute atomic E-state index is 0.000989. The Morgan fingerprint density at radius 3 is 2.38 bits per heavy atom. The lowest BCUT2D eigenvalue weighted by atomic mass is 9.86. The van der Waals surface area contributed by atoms with Crippen molar-refractivity contribution in [2.75, 3.05) is 53.0 Å². The number of nitrogens with zero attached hydrogens (tertiary/aromatic N) is 5. The smallest absolute Gasteiger partial charge is 0.382 e. The van der Waals surface area contributed by atoms with Crippen molar-refractivity contribution in [2.45, 2.75) is 76.9 Å². The Bertz CT molecular complexity index is 1260. The fourth-order valence-corrected chi connectivity index (χ4v) is 7.04. The number of fused-ring (bicyclic) bond motifs is 1. The first-order valence-electron chi connectivity index (χ1n) is 14.8. The number of alkyl halides is 3. The van der Waals surface area contributed by atoms with E-state index in [1.807, 2.05) is 18.7 Å². The number of aromatic nitrogens is 2. The zero-order valence-corrected chi connectivity index (χ0v) is 25.2. The second-order valence-electron chi connectivity index (χ2n) is 12.2. The lowest BCUT2D eigenvalue weighted by molar-refractivity contribution is -0.137. The van der Waals surface area contributed by atoms with Gasteiger partial charge in [-0.05, 0) is 63.8 Å². The van der Waals surface area contributed by atoms with Gasteiger partial charge in [0.1, 0.15) is 6.33 Å². The highest BCUT2D eigenvalue weighted by molar-refractivity contribution is 5.96. The summed E-state index contributed by atoms with van der Waals surface area (Å²) in [6.45, 7) is 12.8. The molecule has 0 saturated carbocycles. The molecule has 3 atom stereocenters. The summed E-state index contributed by atoms with van der Waals surface area (Å²) in [5.41, 5.74) is 3.00. The van der Waals surface area contributed by atoms with Gasteiger partial charge in [-0.2, -0.15) is 13.2 Å². The van der Waals surface area contributed by atoms with Crippen molar-refractivity contribution >= 4 is 5.91 Å². The van der Waals surface area contributed by atoms with Gasteiger partial charge >= 0.3 is 6.18 Å². The van der Waals surface area contributed by atoms with Crippen LogP contribution in [0.5, 0.6) is 0 Å². The number of methoxy groups -OCH3 is 1. The molecular weight excluding hydrogens is 547 g/mol. The van der Waals surface area contributed by atoms with Crippen LogP contribution in [0.25, 0.3) is 0 Å².